The van der Waals surface area contributed by atoms with E-state index in [0.717, 1.165) is 22.4 Å². The molecule has 0 saturated carbocycles. The highest BCUT2D eigenvalue weighted by atomic mass is 35.5. The van der Waals surface area contributed by atoms with E-state index in [1.807, 2.05) is 43.6 Å². The molecule has 0 aliphatic rings. The van der Waals surface area contributed by atoms with Crippen LogP contribution >= 0.6 is 11.6 Å². The lowest BCUT2D eigenvalue weighted by Gasteiger charge is -2.08. The second kappa shape index (κ2) is 8.59. The summed E-state index contributed by atoms with van der Waals surface area (Å²) in [7, 11) is 1.83. The van der Waals surface area contributed by atoms with Crippen LogP contribution < -0.4 is 11.3 Å². The minimum atomic E-state index is -0.271. The molecule has 5 aromatic rings. The Morgan fingerprint density at radius 2 is 2.00 bits per heavy atom. The average molecular weight is 471 g/mol. The summed E-state index contributed by atoms with van der Waals surface area (Å²) >= 11 is 6.56. The maximum Gasteiger partial charge on any atom is 0.272 e. The first kappa shape index (κ1) is 21.6. The number of benzene rings is 2. The normalized spacial score (nSPS) is 11.1. The van der Waals surface area contributed by atoms with Crippen molar-refractivity contribution in [3.63, 3.8) is 0 Å². The number of nitriles is 1. The van der Waals surface area contributed by atoms with Crippen LogP contribution in [0.15, 0.2) is 59.7 Å². The van der Waals surface area contributed by atoms with Crippen molar-refractivity contribution in [1.82, 2.24) is 29.8 Å². The molecule has 0 aliphatic carbocycles. The van der Waals surface area contributed by atoms with Crippen LogP contribution in [-0.2, 0) is 20.1 Å². The third-order valence-electron chi connectivity index (χ3n) is 5.75. The molecule has 2 aromatic carbocycles. The fraction of sp³-hybridized carbons (Fsp3) is 0.125. The Morgan fingerprint density at radius 1 is 1.18 bits per heavy atom. The van der Waals surface area contributed by atoms with Gasteiger partial charge in [-0.05, 0) is 29.3 Å². The summed E-state index contributed by atoms with van der Waals surface area (Å²) in [5.74, 6) is 0. The smallest absolute Gasteiger partial charge is 0.272 e. The van der Waals surface area contributed by atoms with Crippen LogP contribution in [0.3, 0.4) is 0 Å². The lowest BCUT2D eigenvalue weighted by atomic mass is 10.00. The van der Waals surface area contributed by atoms with E-state index in [1.54, 1.807) is 27.7 Å². The number of nitrogens with zero attached hydrogens (tertiary/aromatic N) is 6. The van der Waals surface area contributed by atoms with Gasteiger partial charge in [0.15, 0.2) is 5.15 Å². The molecule has 0 fully saturated rings. The van der Waals surface area contributed by atoms with Gasteiger partial charge < -0.3 is 5.73 Å². The van der Waals surface area contributed by atoms with Gasteiger partial charge in [0.2, 0.25) is 0 Å². The molecule has 3 N–H and O–H groups in total. The highest BCUT2D eigenvalue weighted by molar-refractivity contribution is 6.32. The molecule has 34 heavy (non-hydrogen) atoms. The molecule has 5 rings (SSSR count). The third-order valence-corrected chi connectivity index (χ3v) is 6.03. The van der Waals surface area contributed by atoms with Crippen LogP contribution in [0.1, 0.15) is 16.8 Å². The van der Waals surface area contributed by atoms with E-state index in [2.05, 4.69) is 26.5 Å². The van der Waals surface area contributed by atoms with Gasteiger partial charge in [-0.15, -0.1) is 0 Å². The van der Waals surface area contributed by atoms with Crippen molar-refractivity contribution < 1.29 is 0 Å². The molecule has 168 valence electrons. The molecule has 0 spiro atoms. The van der Waals surface area contributed by atoms with E-state index in [1.165, 1.54) is 0 Å². The Morgan fingerprint density at radius 3 is 2.79 bits per heavy atom. The predicted octanol–water partition coefficient (Wildman–Crippen LogP) is 3.22. The van der Waals surface area contributed by atoms with Crippen LogP contribution in [0.5, 0.6) is 0 Å². The van der Waals surface area contributed by atoms with E-state index in [4.69, 9.17) is 17.3 Å². The summed E-state index contributed by atoms with van der Waals surface area (Å²) in [5.41, 5.74) is 10.8. The number of hydrogen-bond donors (Lipinski definition) is 2. The van der Waals surface area contributed by atoms with E-state index >= 15 is 0 Å². The Kier molecular flexibility index (Phi) is 5.45. The number of aryl methyl sites for hydroxylation is 1. The quantitative estimate of drug-likeness (QED) is 0.405. The van der Waals surface area contributed by atoms with Gasteiger partial charge in [-0.3, -0.25) is 14.2 Å². The minimum Gasteiger partial charge on any atom is -0.325 e. The number of H-pyrrole nitrogens is 1. The zero-order valence-electron chi connectivity index (χ0n) is 18.2. The van der Waals surface area contributed by atoms with Crippen LogP contribution in [-0.4, -0.2) is 29.8 Å². The van der Waals surface area contributed by atoms with Crippen molar-refractivity contribution in [1.29, 1.82) is 5.26 Å². The topological polar surface area (TPSA) is 131 Å². The Bertz CT molecular complexity index is 1640. The Labute approximate surface area is 199 Å². The predicted molar refractivity (Wildman–Crippen MR) is 129 cm³/mol. The van der Waals surface area contributed by atoms with Gasteiger partial charge in [-0.2, -0.15) is 20.6 Å². The zero-order valence-corrected chi connectivity index (χ0v) is 18.9. The number of fused-ring (bicyclic) bond motifs is 1. The number of rotatable bonds is 5. The van der Waals surface area contributed by atoms with Gasteiger partial charge in [-0.25, -0.2) is 5.10 Å². The van der Waals surface area contributed by atoms with Crippen molar-refractivity contribution >= 4 is 22.4 Å². The van der Waals surface area contributed by atoms with Crippen molar-refractivity contribution in [3.8, 4) is 28.5 Å². The van der Waals surface area contributed by atoms with Gasteiger partial charge in [0.05, 0.1) is 46.7 Å². The zero-order chi connectivity index (χ0) is 23.8. The molecule has 0 bridgehead atoms. The van der Waals surface area contributed by atoms with Crippen LogP contribution in [0.2, 0.25) is 5.15 Å². The molecule has 3 heterocycles. The molecule has 0 unspecified atom stereocenters. The summed E-state index contributed by atoms with van der Waals surface area (Å²) < 4.78 is 3.44. The maximum atomic E-state index is 12.2. The molecule has 0 aliphatic heterocycles. The first-order chi connectivity index (χ1) is 16.5. The van der Waals surface area contributed by atoms with Crippen molar-refractivity contribution in [2.24, 2.45) is 12.8 Å². The molecule has 0 amide bonds. The molecule has 0 radical (unpaired) electrons. The lowest BCUT2D eigenvalue weighted by molar-refractivity contribution is 0.686. The summed E-state index contributed by atoms with van der Waals surface area (Å²) in [6.45, 7) is 0.598. The maximum absolute atomic E-state index is 12.2. The Hall–Kier alpha value is -4.26. The summed E-state index contributed by atoms with van der Waals surface area (Å²) in [4.78, 5) is 12.2. The highest BCUT2D eigenvalue weighted by Crippen LogP contribution is 2.36. The highest BCUT2D eigenvalue weighted by Gasteiger charge is 2.20. The first-order valence-electron chi connectivity index (χ1n) is 10.4. The van der Waals surface area contributed by atoms with E-state index in [9.17, 15) is 10.1 Å². The summed E-state index contributed by atoms with van der Waals surface area (Å²) in [5, 5.41) is 26.4. The molecule has 0 saturated heterocycles. The lowest BCUT2D eigenvalue weighted by Crippen LogP contribution is -2.13. The number of hydrogen-bond acceptors (Lipinski definition) is 6. The third kappa shape index (κ3) is 3.65. The second-order valence-electron chi connectivity index (χ2n) is 7.79. The molecule has 10 heteroatoms. The van der Waals surface area contributed by atoms with Gasteiger partial charge >= 0.3 is 0 Å². The number of aromatic nitrogens is 6. The van der Waals surface area contributed by atoms with E-state index in [0.29, 0.717) is 39.3 Å². The van der Waals surface area contributed by atoms with Crippen molar-refractivity contribution in [2.45, 2.75) is 13.1 Å². The van der Waals surface area contributed by atoms with Crippen molar-refractivity contribution in [2.75, 3.05) is 0 Å². The van der Waals surface area contributed by atoms with E-state index < -0.39 is 0 Å². The first-order valence-corrected chi connectivity index (χ1v) is 10.8. The number of halogens is 1. The number of nitrogens with one attached hydrogen (secondary N) is 1. The van der Waals surface area contributed by atoms with Crippen molar-refractivity contribution in [3.05, 3.63) is 87.2 Å². The fourth-order valence-electron chi connectivity index (χ4n) is 4.09. The SMILES string of the molecule is Cn1ncc(-c2ccc3c(=O)[nH]nc(CN)c3c2)c1-c1cn(Cc2ccccc2C#N)nc1Cl. The Balaban J connectivity index is 1.60. The van der Waals surface area contributed by atoms with Gasteiger partial charge in [0, 0.05) is 30.7 Å². The molecule has 9 nitrogen and oxygen atoms in total. The minimum absolute atomic E-state index is 0.194. The average Bonchev–Trinajstić information content (AvgIpc) is 3.40. The monoisotopic (exact) mass is 470 g/mol. The van der Waals surface area contributed by atoms with Crippen LogP contribution in [0.25, 0.3) is 33.2 Å². The summed E-state index contributed by atoms with van der Waals surface area (Å²) in [6, 6.07) is 15.1. The van der Waals surface area contributed by atoms with E-state index in [-0.39, 0.29) is 12.1 Å². The van der Waals surface area contributed by atoms with Gasteiger partial charge in [-0.1, -0.05) is 35.9 Å². The summed E-state index contributed by atoms with van der Waals surface area (Å²) in [6.07, 6.45) is 3.59. The van der Waals surface area contributed by atoms with Crippen LogP contribution in [0.4, 0.5) is 0 Å². The molecular weight excluding hydrogens is 452 g/mol. The van der Waals surface area contributed by atoms with Gasteiger partial charge in [0.1, 0.15) is 0 Å². The van der Waals surface area contributed by atoms with Crippen LogP contribution in [0, 0.1) is 11.3 Å². The standard InChI is InChI=1S/C24H19ClN8O/c1-32-22(20-13-33(31-23(20)25)12-16-5-3-2-4-15(16)9-26)19(11-28-32)14-6-7-17-18(8-14)21(10-27)29-30-24(17)34/h2-8,11,13H,10,12,27H2,1H3,(H,30,34). The number of aromatic amines is 1. The molecule has 0 atom stereocenters. The molecular formula is C24H19ClN8O. The number of nitrogens with two attached hydrogens (primary N) is 1. The molecule has 3 aromatic heterocycles. The fourth-order valence-corrected chi connectivity index (χ4v) is 4.33. The largest absolute Gasteiger partial charge is 0.325 e. The van der Waals surface area contributed by atoms with Gasteiger partial charge in [0.25, 0.3) is 5.56 Å². The second-order valence-corrected chi connectivity index (χ2v) is 8.15.